The average molecular weight is 489 g/mol. The van der Waals surface area contributed by atoms with Crippen LogP contribution >= 0.6 is 0 Å². The largest absolute Gasteiger partial charge is 0.445 e. The first-order valence-corrected chi connectivity index (χ1v) is 11.6. The molecule has 1 aromatic heterocycles. The van der Waals surface area contributed by atoms with Crippen LogP contribution in [-0.2, 0) is 11.3 Å². The molecule has 0 saturated carbocycles. The summed E-state index contributed by atoms with van der Waals surface area (Å²) >= 11 is 0. The van der Waals surface area contributed by atoms with Crippen molar-refractivity contribution in [3.05, 3.63) is 70.9 Å². The van der Waals surface area contributed by atoms with Gasteiger partial charge in [-0.2, -0.15) is 0 Å². The molecule has 185 valence electrons. The zero-order valence-corrected chi connectivity index (χ0v) is 18.9. The molecule has 10 heteroatoms. The number of aromatic amines is 1. The van der Waals surface area contributed by atoms with Crippen LogP contribution in [0.2, 0.25) is 0 Å². The molecule has 1 N–H and O–H groups in total. The molecule has 35 heavy (non-hydrogen) atoms. The number of fused-ring (bicyclic) bond motifs is 1. The summed E-state index contributed by atoms with van der Waals surface area (Å²) < 4.78 is 61.6. The van der Waals surface area contributed by atoms with Gasteiger partial charge in [-0.15, -0.1) is 0 Å². The third-order valence-corrected chi connectivity index (χ3v) is 6.88. The van der Waals surface area contributed by atoms with Gasteiger partial charge in [-0.3, -0.25) is 4.90 Å². The lowest BCUT2D eigenvalue weighted by Gasteiger charge is -2.41. The van der Waals surface area contributed by atoms with E-state index in [1.165, 1.54) is 6.20 Å². The number of hydrogen-bond donors (Lipinski definition) is 1. The van der Waals surface area contributed by atoms with Crippen molar-refractivity contribution < 1.29 is 27.1 Å². The van der Waals surface area contributed by atoms with Crippen molar-refractivity contribution in [2.24, 2.45) is 0 Å². The average Bonchev–Trinajstić information content (AvgIpc) is 3.36. The number of nitrogens with zero attached hydrogens (tertiary/aromatic N) is 3. The highest BCUT2D eigenvalue weighted by Gasteiger charge is 2.34. The van der Waals surface area contributed by atoms with E-state index < -0.39 is 23.3 Å². The Labute approximate surface area is 199 Å². The molecule has 0 aliphatic carbocycles. The molecule has 3 heterocycles. The molecule has 2 aliphatic heterocycles. The zero-order valence-electron chi connectivity index (χ0n) is 18.9. The van der Waals surface area contributed by atoms with Crippen LogP contribution in [0, 0.1) is 23.3 Å². The van der Waals surface area contributed by atoms with Crippen molar-refractivity contribution >= 4 is 17.0 Å². The van der Waals surface area contributed by atoms with E-state index in [0.717, 1.165) is 5.56 Å². The molecule has 2 aromatic carbocycles. The van der Waals surface area contributed by atoms with E-state index in [9.17, 15) is 22.4 Å². The Morgan fingerprint density at radius 2 is 1.71 bits per heavy atom. The van der Waals surface area contributed by atoms with E-state index in [1.54, 1.807) is 4.90 Å². The normalized spacial score (nSPS) is 21.4. The van der Waals surface area contributed by atoms with Crippen LogP contribution in [-0.4, -0.2) is 59.8 Å². The van der Waals surface area contributed by atoms with Gasteiger partial charge in [-0.05, 0) is 29.9 Å². The van der Waals surface area contributed by atoms with Gasteiger partial charge in [-0.1, -0.05) is 30.3 Å². The van der Waals surface area contributed by atoms with E-state index in [0.29, 0.717) is 51.1 Å². The van der Waals surface area contributed by atoms with E-state index in [1.807, 2.05) is 30.3 Å². The summed E-state index contributed by atoms with van der Waals surface area (Å²) in [5, 5.41) is 4.45. The molecule has 6 nitrogen and oxygen atoms in total. The van der Waals surface area contributed by atoms with Crippen molar-refractivity contribution in [1.29, 1.82) is 0 Å². The third kappa shape index (κ3) is 4.60. The topological polar surface area (TPSA) is 62.7 Å². The van der Waals surface area contributed by atoms with Gasteiger partial charge in [0.15, 0.2) is 23.3 Å². The minimum absolute atomic E-state index is 0.167. The summed E-state index contributed by atoms with van der Waals surface area (Å²) in [6.45, 7) is 2.89. The Morgan fingerprint density at radius 1 is 1.00 bits per heavy atom. The summed E-state index contributed by atoms with van der Waals surface area (Å²) in [7, 11) is 0. The second-order valence-corrected chi connectivity index (χ2v) is 8.92. The van der Waals surface area contributed by atoms with Crippen LogP contribution < -0.4 is 5.32 Å². The fourth-order valence-corrected chi connectivity index (χ4v) is 4.97. The molecule has 2 fully saturated rings. The first kappa shape index (κ1) is 23.6. The first-order valence-electron chi connectivity index (χ1n) is 11.6. The van der Waals surface area contributed by atoms with Crippen molar-refractivity contribution in [2.45, 2.75) is 31.5 Å². The first-order chi connectivity index (χ1) is 16.9. The number of halogens is 4. The fourth-order valence-electron chi connectivity index (χ4n) is 4.97. The number of benzene rings is 2. The number of hydrogen-bond acceptors (Lipinski definition) is 3. The van der Waals surface area contributed by atoms with E-state index in [4.69, 9.17) is 4.74 Å². The number of H-pyrrole nitrogens is 1. The Hall–Kier alpha value is -3.11. The number of carbonyl (C=O) groups is 1. The van der Waals surface area contributed by atoms with Gasteiger partial charge in [0.25, 0.3) is 0 Å². The number of carbonyl (C=O) groups excluding carboxylic acids is 1. The fraction of sp³-hybridized carbons (Fsp3) is 0.400. The van der Waals surface area contributed by atoms with E-state index in [-0.39, 0.29) is 35.7 Å². The second kappa shape index (κ2) is 9.87. The molecule has 2 atom stereocenters. The van der Waals surface area contributed by atoms with Gasteiger partial charge in [0.05, 0.1) is 11.7 Å². The van der Waals surface area contributed by atoms with Crippen LogP contribution in [0.15, 0.2) is 36.5 Å². The highest BCUT2D eigenvalue weighted by Crippen LogP contribution is 2.37. The van der Waals surface area contributed by atoms with Crippen molar-refractivity contribution in [1.82, 2.24) is 20.1 Å². The Morgan fingerprint density at radius 3 is 2.46 bits per heavy atom. The maximum Gasteiger partial charge on any atom is 0.410 e. The highest BCUT2D eigenvalue weighted by molar-refractivity contribution is 5.85. The van der Waals surface area contributed by atoms with E-state index >= 15 is 0 Å². The predicted molar refractivity (Wildman–Crippen MR) is 121 cm³/mol. The van der Waals surface area contributed by atoms with Crippen LogP contribution in [0.4, 0.5) is 22.4 Å². The standard InChI is InChI=1S/C25H25F4N4O2/c26-20-19-17(13-31-24(19)23(29)22(28)21(20)27)16-6-7-30-18(12-16)32-8-10-33(11-9-32)25(34)35-14-15-4-2-1-3-5-15/h1-5,13,16,18,31H,6-12,14H2. The number of piperidine rings is 1. The molecule has 5 rings (SSSR count). The van der Waals surface area contributed by atoms with Gasteiger partial charge in [0, 0.05) is 44.3 Å². The summed E-state index contributed by atoms with van der Waals surface area (Å²) in [5.41, 5.74) is 0.985. The smallest absolute Gasteiger partial charge is 0.410 e. The molecule has 2 aliphatic rings. The maximum atomic E-state index is 14.5. The van der Waals surface area contributed by atoms with Crippen LogP contribution in [0.5, 0.6) is 0 Å². The van der Waals surface area contributed by atoms with Gasteiger partial charge in [0.1, 0.15) is 6.61 Å². The minimum atomic E-state index is -1.82. The molecule has 3 aromatic rings. The van der Waals surface area contributed by atoms with Crippen LogP contribution in [0.25, 0.3) is 10.9 Å². The Kier molecular flexibility index (Phi) is 6.66. The summed E-state index contributed by atoms with van der Waals surface area (Å²) in [6.07, 6.45) is 2.03. The summed E-state index contributed by atoms with van der Waals surface area (Å²) in [5.74, 6) is -6.61. The van der Waals surface area contributed by atoms with Gasteiger partial charge >= 0.3 is 6.09 Å². The van der Waals surface area contributed by atoms with Gasteiger partial charge < -0.3 is 14.6 Å². The minimum Gasteiger partial charge on any atom is -0.445 e. The van der Waals surface area contributed by atoms with Crippen LogP contribution in [0.3, 0.4) is 0 Å². The number of aromatic nitrogens is 1. The van der Waals surface area contributed by atoms with Crippen molar-refractivity contribution in [2.75, 3.05) is 32.7 Å². The summed E-state index contributed by atoms with van der Waals surface area (Å²) in [6, 6.07) is 9.46. The lowest BCUT2D eigenvalue weighted by Crippen LogP contribution is -2.55. The monoisotopic (exact) mass is 489 g/mol. The summed E-state index contributed by atoms with van der Waals surface area (Å²) in [4.78, 5) is 18.8. The molecule has 2 unspecified atom stereocenters. The Bertz CT molecular complexity index is 1210. The van der Waals surface area contributed by atoms with E-state index in [2.05, 4.69) is 15.2 Å². The molecule has 1 amide bonds. The maximum absolute atomic E-state index is 14.5. The second-order valence-electron chi connectivity index (χ2n) is 8.92. The highest BCUT2D eigenvalue weighted by atomic mass is 19.2. The lowest BCUT2D eigenvalue weighted by atomic mass is 9.87. The molecule has 0 spiro atoms. The van der Waals surface area contributed by atoms with Gasteiger partial charge in [0.2, 0.25) is 0 Å². The number of rotatable bonds is 4. The number of ether oxygens (including phenoxy) is 1. The zero-order chi connectivity index (χ0) is 24.5. The quantitative estimate of drug-likeness (QED) is 0.334. The lowest BCUT2D eigenvalue weighted by molar-refractivity contribution is 0.0440. The van der Waals surface area contributed by atoms with Crippen molar-refractivity contribution in [3.63, 3.8) is 0 Å². The van der Waals surface area contributed by atoms with Gasteiger partial charge in [-0.25, -0.2) is 27.7 Å². The Balaban J connectivity index is 1.21. The number of nitrogens with one attached hydrogen (secondary N) is 1. The molecule has 2 saturated heterocycles. The molecular weight excluding hydrogens is 464 g/mol. The molecule has 1 radical (unpaired) electrons. The van der Waals surface area contributed by atoms with Crippen LogP contribution in [0.1, 0.15) is 29.9 Å². The number of amides is 1. The SMILES string of the molecule is O=C(OCc1ccccc1)N1CCN(C2CC(c3c[nH]c4c(F)c(F)c(F)c(F)c34)CC[N]2)CC1. The third-order valence-electron chi connectivity index (χ3n) is 6.88. The van der Waals surface area contributed by atoms with Crippen molar-refractivity contribution in [3.8, 4) is 0 Å². The molecule has 0 bridgehead atoms. The predicted octanol–water partition coefficient (Wildman–Crippen LogP) is 4.49. The number of piperazine rings is 1. The molecular formula is C25H25F4N4O2.